The quantitative estimate of drug-likeness (QED) is 0.765. The van der Waals surface area contributed by atoms with E-state index in [4.69, 9.17) is 4.74 Å². The third-order valence-electron chi connectivity index (χ3n) is 3.27. The SMILES string of the molecule is Cc1ccc(NC(=O)Oc2ccccc2)c(-c2ccccc2)n1. The number of amides is 1. The number of pyridine rings is 1. The van der Waals surface area contributed by atoms with Crippen molar-refractivity contribution in [2.75, 3.05) is 5.32 Å². The van der Waals surface area contributed by atoms with E-state index in [1.54, 1.807) is 12.1 Å². The molecule has 3 aromatic rings. The van der Waals surface area contributed by atoms with Crippen LogP contribution < -0.4 is 10.1 Å². The average molecular weight is 304 g/mol. The number of nitrogens with zero attached hydrogens (tertiary/aromatic N) is 1. The number of nitrogens with one attached hydrogen (secondary N) is 1. The standard InChI is InChI=1S/C19H16N2O2/c1-14-12-13-17(18(20-14)15-8-4-2-5-9-15)21-19(22)23-16-10-6-3-7-11-16/h2-13H,1H3,(H,21,22). The fourth-order valence-corrected chi connectivity index (χ4v) is 2.20. The van der Waals surface area contributed by atoms with Crippen molar-refractivity contribution < 1.29 is 9.53 Å². The number of aromatic nitrogens is 1. The van der Waals surface area contributed by atoms with Crippen molar-refractivity contribution in [1.82, 2.24) is 4.98 Å². The summed E-state index contributed by atoms with van der Waals surface area (Å²) in [6.45, 7) is 1.92. The maximum atomic E-state index is 12.1. The van der Waals surface area contributed by atoms with Gasteiger partial charge in [-0.3, -0.25) is 10.3 Å². The Bertz CT molecular complexity index is 802. The summed E-state index contributed by atoms with van der Waals surface area (Å²) in [6, 6.07) is 22.3. The summed E-state index contributed by atoms with van der Waals surface area (Å²) in [5.74, 6) is 0.492. The van der Waals surface area contributed by atoms with Crippen LogP contribution in [0.2, 0.25) is 0 Å². The normalized spacial score (nSPS) is 10.1. The third kappa shape index (κ3) is 3.74. The van der Waals surface area contributed by atoms with E-state index in [9.17, 15) is 4.79 Å². The predicted molar refractivity (Wildman–Crippen MR) is 90.5 cm³/mol. The van der Waals surface area contributed by atoms with Crippen LogP contribution in [0, 0.1) is 6.92 Å². The second-order valence-electron chi connectivity index (χ2n) is 5.04. The first-order valence-corrected chi connectivity index (χ1v) is 7.29. The number of carbonyl (C=O) groups is 1. The number of carbonyl (C=O) groups excluding carboxylic acids is 1. The average Bonchev–Trinajstić information content (AvgIpc) is 2.58. The van der Waals surface area contributed by atoms with Gasteiger partial charge < -0.3 is 4.74 Å². The number of aryl methyl sites for hydroxylation is 1. The molecule has 0 aliphatic carbocycles. The Morgan fingerprint density at radius 1 is 0.913 bits per heavy atom. The van der Waals surface area contributed by atoms with Gasteiger partial charge in [0.2, 0.25) is 0 Å². The highest BCUT2D eigenvalue weighted by molar-refractivity contribution is 5.91. The maximum Gasteiger partial charge on any atom is 0.417 e. The summed E-state index contributed by atoms with van der Waals surface area (Å²) in [5, 5.41) is 2.76. The molecule has 0 aliphatic rings. The van der Waals surface area contributed by atoms with Crippen LogP contribution >= 0.6 is 0 Å². The van der Waals surface area contributed by atoms with E-state index in [2.05, 4.69) is 10.3 Å². The second-order valence-corrected chi connectivity index (χ2v) is 5.04. The van der Waals surface area contributed by atoms with Crippen molar-refractivity contribution in [2.45, 2.75) is 6.92 Å². The third-order valence-corrected chi connectivity index (χ3v) is 3.27. The van der Waals surface area contributed by atoms with Crippen LogP contribution in [0.3, 0.4) is 0 Å². The Morgan fingerprint density at radius 2 is 1.57 bits per heavy atom. The summed E-state index contributed by atoms with van der Waals surface area (Å²) in [6.07, 6.45) is -0.543. The highest BCUT2D eigenvalue weighted by Crippen LogP contribution is 2.26. The van der Waals surface area contributed by atoms with Crippen LogP contribution in [0.1, 0.15) is 5.69 Å². The summed E-state index contributed by atoms with van der Waals surface area (Å²) in [4.78, 5) is 16.6. The van der Waals surface area contributed by atoms with Gasteiger partial charge in [0.05, 0.1) is 11.4 Å². The molecule has 4 heteroatoms. The van der Waals surface area contributed by atoms with Crippen LogP contribution in [-0.4, -0.2) is 11.1 Å². The van der Waals surface area contributed by atoms with Gasteiger partial charge >= 0.3 is 6.09 Å². The Morgan fingerprint density at radius 3 is 2.26 bits per heavy atom. The van der Waals surface area contributed by atoms with E-state index in [0.29, 0.717) is 11.4 Å². The smallest absolute Gasteiger partial charge is 0.410 e. The Labute approximate surface area is 134 Å². The molecule has 2 aromatic carbocycles. The van der Waals surface area contributed by atoms with Crippen molar-refractivity contribution in [3.05, 3.63) is 78.5 Å². The molecule has 0 saturated heterocycles. The highest BCUT2D eigenvalue weighted by Gasteiger charge is 2.11. The zero-order valence-corrected chi connectivity index (χ0v) is 12.7. The Kier molecular flexibility index (Phi) is 4.34. The monoisotopic (exact) mass is 304 g/mol. The lowest BCUT2D eigenvalue weighted by Gasteiger charge is -2.11. The molecule has 0 unspecified atom stereocenters. The molecule has 0 bridgehead atoms. The van der Waals surface area contributed by atoms with Gasteiger partial charge in [-0.05, 0) is 31.2 Å². The first kappa shape index (κ1) is 14.8. The molecule has 0 saturated carbocycles. The number of hydrogen-bond donors (Lipinski definition) is 1. The van der Waals surface area contributed by atoms with E-state index < -0.39 is 6.09 Å². The fraction of sp³-hybridized carbons (Fsp3) is 0.0526. The second kappa shape index (κ2) is 6.75. The number of ether oxygens (including phenoxy) is 1. The van der Waals surface area contributed by atoms with Crippen molar-refractivity contribution >= 4 is 11.8 Å². The van der Waals surface area contributed by atoms with E-state index in [1.165, 1.54) is 0 Å². The molecule has 3 rings (SSSR count). The van der Waals surface area contributed by atoms with Crippen LogP contribution in [-0.2, 0) is 0 Å². The zero-order valence-electron chi connectivity index (χ0n) is 12.7. The molecule has 1 aromatic heterocycles. The fourth-order valence-electron chi connectivity index (χ4n) is 2.20. The molecule has 0 radical (unpaired) electrons. The van der Waals surface area contributed by atoms with Crippen LogP contribution in [0.4, 0.5) is 10.5 Å². The van der Waals surface area contributed by atoms with E-state index in [-0.39, 0.29) is 0 Å². The molecular weight excluding hydrogens is 288 g/mol. The number of benzene rings is 2. The Balaban J connectivity index is 1.84. The maximum absolute atomic E-state index is 12.1. The number of anilines is 1. The lowest BCUT2D eigenvalue weighted by molar-refractivity contribution is 0.215. The minimum absolute atomic E-state index is 0.492. The molecule has 0 aliphatic heterocycles. The Hall–Kier alpha value is -3.14. The predicted octanol–water partition coefficient (Wildman–Crippen LogP) is 4.67. The first-order chi connectivity index (χ1) is 11.2. The molecule has 0 spiro atoms. The van der Waals surface area contributed by atoms with Gasteiger partial charge in [0, 0.05) is 11.3 Å². The number of rotatable bonds is 3. The zero-order chi connectivity index (χ0) is 16.1. The molecule has 4 nitrogen and oxygen atoms in total. The summed E-state index contributed by atoms with van der Waals surface area (Å²) >= 11 is 0. The lowest BCUT2D eigenvalue weighted by atomic mass is 10.1. The van der Waals surface area contributed by atoms with E-state index in [1.807, 2.05) is 67.6 Å². The minimum Gasteiger partial charge on any atom is -0.410 e. The lowest BCUT2D eigenvalue weighted by Crippen LogP contribution is -2.17. The van der Waals surface area contributed by atoms with Crippen molar-refractivity contribution in [1.29, 1.82) is 0 Å². The molecule has 0 atom stereocenters. The molecule has 1 amide bonds. The van der Waals surface area contributed by atoms with Crippen LogP contribution in [0.5, 0.6) is 5.75 Å². The summed E-state index contributed by atoms with van der Waals surface area (Å²) in [5.41, 5.74) is 3.15. The van der Waals surface area contributed by atoms with Gasteiger partial charge in [0.15, 0.2) is 0 Å². The van der Waals surface area contributed by atoms with Crippen molar-refractivity contribution in [3.8, 4) is 17.0 Å². The molecule has 0 fully saturated rings. The van der Waals surface area contributed by atoms with Crippen LogP contribution in [0.25, 0.3) is 11.3 Å². The van der Waals surface area contributed by atoms with Gasteiger partial charge in [0.1, 0.15) is 5.75 Å². The largest absolute Gasteiger partial charge is 0.417 e. The van der Waals surface area contributed by atoms with Gasteiger partial charge in [-0.2, -0.15) is 0 Å². The molecule has 1 N–H and O–H groups in total. The first-order valence-electron chi connectivity index (χ1n) is 7.29. The van der Waals surface area contributed by atoms with E-state index in [0.717, 1.165) is 17.0 Å². The van der Waals surface area contributed by atoms with Crippen molar-refractivity contribution in [3.63, 3.8) is 0 Å². The van der Waals surface area contributed by atoms with Gasteiger partial charge in [-0.15, -0.1) is 0 Å². The summed E-state index contributed by atoms with van der Waals surface area (Å²) < 4.78 is 5.26. The minimum atomic E-state index is -0.543. The van der Waals surface area contributed by atoms with Gasteiger partial charge in [-0.1, -0.05) is 48.5 Å². The molecule has 23 heavy (non-hydrogen) atoms. The number of hydrogen-bond acceptors (Lipinski definition) is 3. The highest BCUT2D eigenvalue weighted by atomic mass is 16.6. The van der Waals surface area contributed by atoms with Gasteiger partial charge in [0.25, 0.3) is 0 Å². The van der Waals surface area contributed by atoms with Crippen molar-refractivity contribution in [2.24, 2.45) is 0 Å². The van der Waals surface area contributed by atoms with E-state index >= 15 is 0 Å². The molecule has 1 heterocycles. The van der Waals surface area contributed by atoms with Crippen LogP contribution in [0.15, 0.2) is 72.8 Å². The topological polar surface area (TPSA) is 51.2 Å². The summed E-state index contributed by atoms with van der Waals surface area (Å²) in [7, 11) is 0. The molecule has 114 valence electrons. The number of para-hydroxylation sites is 1. The molecular formula is C19H16N2O2. The van der Waals surface area contributed by atoms with Gasteiger partial charge in [-0.25, -0.2) is 4.79 Å².